The number of hydrogen-bond acceptors (Lipinski definition) is 6. The fourth-order valence-electron chi connectivity index (χ4n) is 3.14. The molecule has 2 aromatic heterocycles. The van der Waals surface area contributed by atoms with Gasteiger partial charge in [-0.25, -0.2) is 14.3 Å². The molecule has 11 heteroatoms. The van der Waals surface area contributed by atoms with E-state index in [4.69, 9.17) is 4.74 Å². The summed E-state index contributed by atoms with van der Waals surface area (Å²) in [6, 6.07) is 9.25. The van der Waals surface area contributed by atoms with Gasteiger partial charge in [0.05, 0.1) is 19.5 Å². The highest BCUT2D eigenvalue weighted by atomic mass is 16.5. The van der Waals surface area contributed by atoms with Crippen LogP contribution in [-0.2, 0) is 34.0 Å². The molecule has 0 aliphatic heterocycles. The SMILES string of the molecule is COCCn1cnc2c1c(=O)n(CC(=O)NNC(=O)C(C)(C)C)c(=O)n2Cc1ccccc1. The number of rotatable bonds is 7. The minimum absolute atomic E-state index is 0.167. The van der Waals surface area contributed by atoms with Crippen molar-refractivity contribution < 1.29 is 14.3 Å². The van der Waals surface area contributed by atoms with Crippen molar-refractivity contribution in [1.29, 1.82) is 0 Å². The van der Waals surface area contributed by atoms with Crippen LogP contribution in [0.2, 0.25) is 0 Å². The fraction of sp³-hybridized carbons (Fsp3) is 0.409. The van der Waals surface area contributed by atoms with Gasteiger partial charge in [0.2, 0.25) is 5.91 Å². The third kappa shape index (κ3) is 5.37. The van der Waals surface area contributed by atoms with Gasteiger partial charge < -0.3 is 9.30 Å². The summed E-state index contributed by atoms with van der Waals surface area (Å²) in [6.45, 7) is 5.35. The Kier molecular flexibility index (Phi) is 7.12. The Morgan fingerprint density at radius 3 is 2.39 bits per heavy atom. The average Bonchev–Trinajstić information content (AvgIpc) is 3.20. The molecule has 1 aromatic carbocycles. The molecule has 0 saturated carbocycles. The Bertz CT molecular complexity index is 1270. The number of benzene rings is 1. The van der Waals surface area contributed by atoms with Crippen LogP contribution in [0.5, 0.6) is 0 Å². The summed E-state index contributed by atoms with van der Waals surface area (Å²) in [5.41, 5.74) is 3.77. The number of fused-ring (bicyclic) bond motifs is 1. The van der Waals surface area contributed by atoms with E-state index in [0.29, 0.717) is 13.2 Å². The van der Waals surface area contributed by atoms with Gasteiger partial charge in [-0.1, -0.05) is 51.1 Å². The number of hydrazine groups is 1. The first-order valence-electron chi connectivity index (χ1n) is 10.4. The van der Waals surface area contributed by atoms with Crippen molar-refractivity contribution in [3.63, 3.8) is 0 Å². The predicted octanol–water partition coefficient (Wildman–Crippen LogP) is 0.248. The van der Waals surface area contributed by atoms with Crippen LogP contribution in [0.25, 0.3) is 11.2 Å². The number of carbonyl (C=O) groups is 2. The second kappa shape index (κ2) is 9.82. The van der Waals surface area contributed by atoms with E-state index in [1.54, 1.807) is 32.4 Å². The first-order chi connectivity index (χ1) is 15.6. The predicted molar refractivity (Wildman–Crippen MR) is 121 cm³/mol. The molecule has 33 heavy (non-hydrogen) atoms. The highest BCUT2D eigenvalue weighted by Gasteiger charge is 2.23. The molecule has 0 aliphatic carbocycles. The molecule has 0 radical (unpaired) electrons. The minimum Gasteiger partial charge on any atom is -0.383 e. The Morgan fingerprint density at radius 2 is 1.76 bits per heavy atom. The third-order valence-electron chi connectivity index (χ3n) is 5.00. The van der Waals surface area contributed by atoms with Crippen molar-refractivity contribution in [1.82, 2.24) is 29.5 Å². The molecule has 3 rings (SSSR count). The molecule has 2 amide bonds. The van der Waals surface area contributed by atoms with Crippen molar-refractivity contribution in [3.05, 3.63) is 63.1 Å². The van der Waals surface area contributed by atoms with Crippen LogP contribution >= 0.6 is 0 Å². The normalized spacial score (nSPS) is 11.5. The maximum Gasteiger partial charge on any atom is 0.333 e. The number of hydrogen-bond donors (Lipinski definition) is 2. The van der Waals surface area contributed by atoms with E-state index in [1.807, 2.05) is 30.3 Å². The second-order valence-corrected chi connectivity index (χ2v) is 8.60. The summed E-state index contributed by atoms with van der Waals surface area (Å²) >= 11 is 0. The lowest BCUT2D eigenvalue weighted by Gasteiger charge is -2.18. The number of imidazole rings is 1. The number of ether oxygens (including phenoxy) is 1. The largest absolute Gasteiger partial charge is 0.383 e. The molecule has 176 valence electrons. The molecule has 11 nitrogen and oxygen atoms in total. The lowest BCUT2D eigenvalue weighted by atomic mass is 9.96. The quantitative estimate of drug-likeness (QED) is 0.490. The molecule has 3 aromatic rings. The zero-order chi connectivity index (χ0) is 24.2. The minimum atomic E-state index is -0.723. The average molecular weight is 457 g/mol. The molecular weight excluding hydrogens is 428 g/mol. The van der Waals surface area contributed by atoms with Crippen molar-refractivity contribution >= 4 is 23.0 Å². The van der Waals surface area contributed by atoms with Gasteiger partial charge in [-0.3, -0.25) is 29.8 Å². The number of aromatic nitrogens is 4. The lowest BCUT2D eigenvalue weighted by molar-refractivity contribution is -0.133. The van der Waals surface area contributed by atoms with Crippen LogP contribution in [0, 0.1) is 5.41 Å². The van der Waals surface area contributed by atoms with E-state index in [-0.39, 0.29) is 17.7 Å². The zero-order valence-corrected chi connectivity index (χ0v) is 19.1. The van der Waals surface area contributed by atoms with Crippen LogP contribution in [0.3, 0.4) is 0 Å². The van der Waals surface area contributed by atoms with Crippen LogP contribution in [-0.4, -0.2) is 44.2 Å². The first-order valence-corrected chi connectivity index (χ1v) is 10.4. The van der Waals surface area contributed by atoms with Crippen LogP contribution in [0.4, 0.5) is 0 Å². The number of amides is 2. The molecular formula is C22H28N6O5. The van der Waals surface area contributed by atoms with E-state index in [1.165, 1.54) is 10.9 Å². The first kappa shape index (κ1) is 23.9. The van der Waals surface area contributed by atoms with Gasteiger partial charge in [0.15, 0.2) is 11.2 Å². The smallest absolute Gasteiger partial charge is 0.333 e. The van der Waals surface area contributed by atoms with Gasteiger partial charge >= 0.3 is 5.69 Å². The van der Waals surface area contributed by atoms with Gasteiger partial charge in [-0.05, 0) is 5.56 Å². The fourth-order valence-corrected chi connectivity index (χ4v) is 3.14. The number of methoxy groups -OCH3 is 1. The second-order valence-electron chi connectivity index (χ2n) is 8.60. The van der Waals surface area contributed by atoms with Gasteiger partial charge in [-0.15, -0.1) is 0 Å². The van der Waals surface area contributed by atoms with Crippen LogP contribution < -0.4 is 22.1 Å². The van der Waals surface area contributed by atoms with E-state index in [9.17, 15) is 19.2 Å². The molecule has 0 unspecified atom stereocenters. The summed E-state index contributed by atoms with van der Waals surface area (Å²) in [7, 11) is 1.54. The summed E-state index contributed by atoms with van der Waals surface area (Å²) in [6.07, 6.45) is 1.47. The topological polar surface area (TPSA) is 129 Å². The van der Waals surface area contributed by atoms with E-state index in [0.717, 1.165) is 10.1 Å². The molecule has 0 fully saturated rings. The summed E-state index contributed by atoms with van der Waals surface area (Å²) in [5, 5.41) is 0. The molecule has 2 heterocycles. The summed E-state index contributed by atoms with van der Waals surface area (Å²) in [4.78, 5) is 55.2. The molecule has 0 bridgehead atoms. The van der Waals surface area contributed by atoms with E-state index >= 15 is 0 Å². The molecule has 0 spiro atoms. The molecule has 0 saturated heterocycles. The summed E-state index contributed by atoms with van der Waals surface area (Å²) < 4.78 is 8.89. The number of carbonyl (C=O) groups excluding carboxylic acids is 2. The third-order valence-corrected chi connectivity index (χ3v) is 5.00. The molecule has 2 N–H and O–H groups in total. The maximum atomic E-state index is 13.2. The lowest BCUT2D eigenvalue weighted by Crippen LogP contribution is -2.50. The molecule has 0 atom stereocenters. The van der Waals surface area contributed by atoms with Crippen molar-refractivity contribution in [3.8, 4) is 0 Å². The van der Waals surface area contributed by atoms with Gasteiger partial charge in [0.1, 0.15) is 6.54 Å². The monoisotopic (exact) mass is 456 g/mol. The van der Waals surface area contributed by atoms with Gasteiger partial charge in [0, 0.05) is 19.1 Å². The standard InChI is InChI=1S/C22H28N6O5/c1-22(2,3)20(31)25-24-16(29)13-28-19(30)17-18(23-14-26(17)10-11-33-4)27(21(28)32)12-15-8-6-5-7-9-15/h5-9,14H,10-13H2,1-4H3,(H,24,29)(H,25,31). The van der Waals surface area contributed by atoms with Gasteiger partial charge in [-0.2, -0.15) is 0 Å². The van der Waals surface area contributed by atoms with Crippen molar-refractivity contribution in [2.45, 2.75) is 40.4 Å². The van der Waals surface area contributed by atoms with E-state index in [2.05, 4.69) is 15.8 Å². The van der Waals surface area contributed by atoms with Crippen molar-refractivity contribution in [2.24, 2.45) is 5.41 Å². The van der Waals surface area contributed by atoms with Gasteiger partial charge in [0.25, 0.3) is 11.5 Å². The van der Waals surface area contributed by atoms with Crippen molar-refractivity contribution in [2.75, 3.05) is 13.7 Å². The number of nitrogens with one attached hydrogen (secondary N) is 2. The highest BCUT2D eigenvalue weighted by molar-refractivity contribution is 5.85. The Hall–Kier alpha value is -3.73. The Balaban J connectivity index is 2.02. The summed E-state index contributed by atoms with van der Waals surface area (Å²) in [5.74, 6) is -1.11. The van der Waals surface area contributed by atoms with E-state index < -0.39 is 35.0 Å². The van der Waals surface area contributed by atoms with Crippen LogP contribution in [0.15, 0.2) is 46.2 Å². The molecule has 0 aliphatic rings. The highest BCUT2D eigenvalue weighted by Crippen LogP contribution is 2.12. The number of nitrogens with zero attached hydrogens (tertiary/aromatic N) is 4. The Labute approximate surface area is 190 Å². The zero-order valence-electron chi connectivity index (χ0n) is 19.1. The maximum absolute atomic E-state index is 13.2. The van der Waals surface area contributed by atoms with Crippen LogP contribution in [0.1, 0.15) is 26.3 Å². The Morgan fingerprint density at radius 1 is 1.06 bits per heavy atom.